The van der Waals surface area contributed by atoms with Crippen molar-refractivity contribution in [2.45, 2.75) is 24.8 Å². The van der Waals surface area contributed by atoms with Gasteiger partial charge in [0.1, 0.15) is 0 Å². The Kier molecular flexibility index (Phi) is 4.82. The lowest BCUT2D eigenvalue weighted by Crippen LogP contribution is -2.33. The van der Waals surface area contributed by atoms with Crippen LogP contribution in [0.1, 0.15) is 24.1 Å². The summed E-state index contributed by atoms with van der Waals surface area (Å²) in [7, 11) is -3.73. The molecule has 0 saturated heterocycles. The van der Waals surface area contributed by atoms with Crippen LogP contribution in [0.5, 0.6) is 0 Å². The Hall–Kier alpha value is -1.95. The first kappa shape index (κ1) is 17.9. The van der Waals surface area contributed by atoms with Crippen molar-refractivity contribution in [3.05, 3.63) is 76.3 Å². The van der Waals surface area contributed by atoms with Crippen molar-refractivity contribution < 1.29 is 13.2 Å². The van der Waals surface area contributed by atoms with Crippen LogP contribution in [0.2, 0.25) is 5.02 Å². The number of nitrogens with zero attached hydrogens (tertiary/aromatic N) is 1. The lowest BCUT2D eigenvalue weighted by Gasteiger charge is -2.26. The van der Waals surface area contributed by atoms with Crippen LogP contribution in [0, 0.1) is 6.92 Å². The number of halogens is 1. The number of rotatable bonds is 4. The van der Waals surface area contributed by atoms with Gasteiger partial charge >= 0.3 is 0 Å². The van der Waals surface area contributed by atoms with E-state index in [1.54, 1.807) is 54.6 Å². The predicted octanol–water partition coefficient (Wildman–Crippen LogP) is 3.91. The van der Waals surface area contributed by atoms with Gasteiger partial charge in [0.2, 0.25) is 10.0 Å². The van der Waals surface area contributed by atoms with E-state index in [0.29, 0.717) is 10.6 Å². The molecule has 2 aromatic carbocycles. The number of sulfonamides is 1. The lowest BCUT2D eigenvalue weighted by molar-refractivity contribution is -0.113. The molecule has 1 unspecified atom stereocenters. The van der Waals surface area contributed by atoms with Crippen molar-refractivity contribution >= 4 is 27.4 Å². The molecule has 0 saturated carbocycles. The maximum atomic E-state index is 13.1. The molecule has 1 heterocycles. The fourth-order valence-corrected chi connectivity index (χ4v) is 4.63. The Bertz CT molecular complexity index is 932. The van der Waals surface area contributed by atoms with Crippen molar-refractivity contribution in [2.24, 2.45) is 0 Å². The number of carbonyl (C=O) groups is 1. The molecular weight excluding hydrogens is 358 g/mol. The van der Waals surface area contributed by atoms with Gasteiger partial charge in [0.05, 0.1) is 10.9 Å². The van der Waals surface area contributed by atoms with Crippen molar-refractivity contribution in [3.8, 4) is 0 Å². The van der Waals surface area contributed by atoms with Gasteiger partial charge in [-0.15, -0.1) is 0 Å². The van der Waals surface area contributed by atoms with Crippen molar-refractivity contribution in [2.75, 3.05) is 6.54 Å². The van der Waals surface area contributed by atoms with Gasteiger partial charge in [-0.3, -0.25) is 4.79 Å². The summed E-state index contributed by atoms with van der Waals surface area (Å²) in [6.07, 6.45) is 1.69. The Morgan fingerprint density at radius 3 is 2.24 bits per heavy atom. The highest BCUT2D eigenvalue weighted by molar-refractivity contribution is 7.89. The van der Waals surface area contributed by atoms with Crippen LogP contribution >= 0.6 is 11.6 Å². The molecule has 0 fully saturated rings. The van der Waals surface area contributed by atoms with Crippen molar-refractivity contribution in [1.82, 2.24) is 4.31 Å². The molecule has 0 radical (unpaired) electrons. The van der Waals surface area contributed by atoms with E-state index < -0.39 is 16.1 Å². The second-order valence-corrected chi connectivity index (χ2v) is 8.38. The molecule has 0 aliphatic carbocycles. The topological polar surface area (TPSA) is 54.5 Å². The number of ketones is 1. The van der Waals surface area contributed by atoms with E-state index in [9.17, 15) is 13.2 Å². The first-order valence-electron chi connectivity index (χ1n) is 7.85. The Morgan fingerprint density at radius 1 is 1.08 bits per heavy atom. The summed E-state index contributed by atoms with van der Waals surface area (Å²) < 4.78 is 27.6. The van der Waals surface area contributed by atoms with E-state index in [1.165, 1.54) is 11.2 Å². The van der Waals surface area contributed by atoms with Gasteiger partial charge in [-0.1, -0.05) is 47.5 Å². The molecule has 0 aromatic heterocycles. The summed E-state index contributed by atoms with van der Waals surface area (Å²) in [4.78, 5) is 12.3. The van der Waals surface area contributed by atoms with Crippen LogP contribution in [0.3, 0.4) is 0 Å². The maximum Gasteiger partial charge on any atom is 0.244 e. The molecule has 3 rings (SSSR count). The molecule has 25 heavy (non-hydrogen) atoms. The van der Waals surface area contributed by atoms with Crippen LogP contribution in [0.15, 0.2) is 65.1 Å². The molecule has 2 aromatic rings. The quantitative estimate of drug-likeness (QED) is 0.814. The lowest BCUT2D eigenvalue weighted by atomic mass is 9.98. The monoisotopic (exact) mass is 375 g/mol. The normalized spacial score (nSPS) is 18.2. The third-order valence-electron chi connectivity index (χ3n) is 4.29. The number of benzene rings is 2. The minimum absolute atomic E-state index is 0.137. The Balaban J connectivity index is 2.06. The molecule has 0 spiro atoms. The zero-order valence-electron chi connectivity index (χ0n) is 13.9. The summed E-state index contributed by atoms with van der Waals surface area (Å²) in [5, 5.41) is 0.558. The molecule has 1 aliphatic rings. The highest BCUT2D eigenvalue weighted by atomic mass is 35.5. The zero-order chi connectivity index (χ0) is 18.2. The van der Waals surface area contributed by atoms with Crippen LogP contribution in [-0.4, -0.2) is 25.1 Å². The first-order valence-corrected chi connectivity index (χ1v) is 9.67. The van der Waals surface area contributed by atoms with E-state index in [0.717, 1.165) is 11.1 Å². The molecule has 4 nitrogen and oxygen atoms in total. The largest absolute Gasteiger partial charge is 0.295 e. The number of Topliss-reactive ketones (excluding diaryl/α,β-unsaturated/α-hetero) is 1. The number of carbonyl (C=O) groups excluding carboxylic acids is 1. The second kappa shape index (κ2) is 6.75. The predicted molar refractivity (Wildman–Crippen MR) is 98.0 cm³/mol. The fourth-order valence-electron chi connectivity index (χ4n) is 2.97. The van der Waals surface area contributed by atoms with Gasteiger partial charge < -0.3 is 0 Å². The van der Waals surface area contributed by atoms with Crippen LogP contribution in [-0.2, 0) is 14.8 Å². The average molecular weight is 376 g/mol. The molecule has 0 N–H and O–H groups in total. The minimum Gasteiger partial charge on any atom is -0.295 e. The number of hydrogen-bond donors (Lipinski definition) is 0. The zero-order valence-corrected chi connectivity index (χ0v) is 15.5. The molecule has 130 valence electrons. The van der Waals surface area contributed by atoms with E-state index in [1.807, 2.05) is 6.92 Å². The Morgan fingerprint density at radius 2 is 1.68 bits per heavy atom. The maximum absolute atomic E-state index is 13.1. The number of aryl methyl sites for hydroxylation is 1. The van der Waals surface area contributed by atoms with Crippen LogP contribution < -0.4 is 0 Å². The van der Waals surface area contributed by atoms with E-state index >= 15 is 0 Å². The van der Waals surface area contributed by atoms with Crippen molar-refractivity contribution in [3.63, 3.8) is 0 Å². The fraction of sp³-hybridized carbons (Fsp3) is 0.211. The van der Waals surface area contributed by atoms with Gasteiger partial charge in [-0.05, 0) is 43.7 Å². The number of hydrogen-bond acceptors (Lipinski definition) is 3. The molecule has 0 bridgehead atoms. The van der Waals surface area contributed by atoms with E-state index in [4.69, 9.17) is 11.6 Å². The van der Waals surface area contributed by atoms with Crippen LogP contribution in [0.4, 0.5) is 0 Å². The van der Waals surface area contributed by atoms with E-state index in [2.05, 4.69) is 0 Å². The molecule has 6 heteroatoms. The van der Waals surface area contributed by atoms with Gasteiger partial charge in [0.15, 0.2) is 5.78 Å². The van der Waals surface area contributed by atoms with Gasteiger partial charge in [-0.2, -0.15) is 4.31 Å². The summed E-state index contributed by atoms with van der Waals surface area (Å²) in [6, 6.07) is 13.0. The molecule has 1 aliphatic heterocycles. The van der Waals surface area contributed by atoms with Gasteiger partial charge in [0, 0.05) is 17.1 Å². The van der Waals surface area contributed by atoms with Crippen LogP contribution in [0.25, 0.3) is 0 Å². The summed E-state index contributed by atoms with van der Waals surface area (Å²) in [5.74, 6) is -0.137. The van der Waals surface area contributed by atoms with Crippen molar-refractivity contribution in [1.29, 1.82) is 0 Å². The molecule has 0 amide bonds. The minimum atomic E-state index is -3.73. The summed E-state index contributed by atoms with van der Waals surface area (Å²) in [5.41, 5.74) is 2.19. The third-order valence-corrected chi connectivity index (χ3v) is 6.39. The first-order chi connectivity index (χ1) is 11.8. The summed E-state index contributed by atoms with van der Waals surface area (Å²) in [6.45, 7) is 3.52. The molecular formula is C19H18ClNO3S. The highest BCUT2D eigenvalue weighted by Crippen LogP contribution is 2.38. The van der Waals surface area contributed by atoms with E-state index in [-0.39, 0.29) is 17.2 Å². The smallest absolute Gasteiger partial charge is 0.244 e. The average Bonchev–Trinajstić information content (AvgIpc) is 3.02. The van der Waals surface area contributed by atoms with Gasteiger partial charge in [-0.25, -0.2) is 8.42 Å². The Labute approximate surface area is 152 Å². The second-order valence-electron chi connectivity index (χ2n) is 6.06. The van der Waals surface area contributed by atoms with Gasteiger partial charge in [0.25, 0.3) is 0 Å². The third kappa shape index (κ3) is 3.40. The SMILES string of the molecule is CC(=O)C1=CCN(S(=O)(=O)c2ccc(C)cc2)C1c1ccc(Cl)cc1. The summed E-state index contributed by atoms with van der Waals surface area (Å²) >= 11 is 5.94. The molecule has 1 atom stereocenters. The standard InChI is InChI=1S/C19H18ClNO3S/c1-13-3-9-17(10-4-13)25(23,24)21-12-11-18(14(2)22)19(21)15-5-7-16(20)8-6-15/h3-11,19H,12H2,1-2H3. The highest BCUT2D eigenvalue weighted by Gasteiger charge is 2.39.